The zero-order chi connectivity index (χ0) is 11.6. The molecule has 16 heavy (non-hydrogen) atoms. The highest BCUT2D eigenvalue weighted by atomic mass is 32.1. The summed E-state index contributed by atoms with van der Waals surface area (Å²) >= 11 is 6.48. The number of thiol groups is 1. The third-order valence-electron chi connectivity index (χ3n) is 2.95. The summed E-state index contributed by atoms with van der Waals surface area (Å²) < 4.78 is 0. The lowest BCUT2D eigenvalue weighted by Crippen LogP contribution is -1.87. The minimum atomic E-state index is 0.468. The first kappa shape index (κ1) is 14.1. The summed E-state index contributed by atoms with van der Waals surface area (Å²) in [5, 5.41) is 2.61. The third-order valence-corrected chi connectivity index (χ3v) is 4.65. The summed E-state index contributed by atoms with van der Waals surface area (Å²) in [5.41, 5.74) is 0. The van der Waals surface area contributed by atoms with Gasteiger partial charge in [0, 0.05) is 10.1 Å². The normalized spacial score (nSPS) is 12.9. The van der Waals surface area contributed by atoms with Crippen molar-refractivity contribution in [3.8, 4) is 0 Å². The van der Waals surface area contributed by atoms with E-state index >= 15 is 0 Å². The van der Waals surface area contributed by atoms with Crippen LogP contribution in [0, 0.1) is 0 Å². The van der Waals surface area contributed by atoms with E-state index in [-0.39, 0.29) is 0 Å². The van der Waals surface area contributed by atoms with Gasteiger partial charge in [0.15, 0.2) is 0 Å². The Bertz CT molecular complexity index is 241. The lowest BCUT2D eigenvalue weighted by molar-refractivity contribution is 0.575. The van der Waals surface area contributed by atoms with Gasteiger partial charge in [0.25, 0.3) is 0 Å². The molecule has 1 aromatic rings. The van der Waals surface area contributed by atoms with E-state index in [4.69, 9.17) is 0 Å². The zero-order valence-corrected chi connectivity index (χ0v) is 12.0. The van der Waals surface area contributed by atoms with Gasteiger partial charge in [-0.1, -0.05) is 57.9 Å². The molecule has 0 aliphatic rings. The average molecular weight is 256 g/mol. The summed E-state index contributed by atoms with van der Waals surface area (Å²) in [6, 6.07) is 4.32. The summed E-state index contributed by atoms with van der Waals surface area (Å²) in [6.45, 7) is 2.27. The molecule has 0 bridgehead atoms. The van der Waals surface area contributed by atoms with Crippen molar-refractivity contribution in [2.24, 2.45) is 0 Å². The van der Waals surface area contributed by atoms with Gasteiger partial charge < -0.3 is 0 Å². The number of thiophene rings is 1. The monoisotopic (exact) mass is 256 g/mol. The molecule has 0 N–H and O–H groups in total. The molecule has 1 heterocycles. The van der Waals surface area contributed by atoms with Crippen LogP contribution in [0.1, 0.15) is 68.4 Å². The van der Waals surface area contributed by atoms with Crippen molar-refractivity contribution in [3.63, 3.8) is 0 Å². The van der Waals surface area contributed by atoms with E-state index in [0.717, 1.165) is 0 Å². The van der Waals surface area contributed by atoms with E-state index in [1.807, 2.05) is 11.3 Å². The molecule has 92 valence electrons. The number of hydrogen-bond acceptors (Lipinski definition) is 2. The standard InChI is InChI=1S/C14H24S2/c1-2-3-4-5-6-7-8-10-13(15)14-11-9-12-16-14/h9,11-13,15H,2-8,10H2,1H3. The van der Waals surface area contributed by atoms with Crippen LogP contribution in [-0.4, -0.2) is 0 Å². The Labute approximate surface area is 110 Å². The van der Waals surface area contributed by atoms with Crippen molar-refractivity contribution < 1.29 is 0 Å². The van der Waals surface area contributed by atoms with Crippen LogP contribution in [0.5, 0.6) is 0 Å². The molecule has 0 radical (unpaired) electrons. The van der Waals surface area contributed by atoms with Gasteiger partial charge in [-0.25, -0.2) is 0 Å². The molecular weight excluding hydrogens is 232 g/mol. The van der Waals surface area contributed by atoms with Gasteiger partial charge >= 0.3 is 0 Å². The van der Waals surface area contributed by atoms with Crippen LogP contribution in [0.15, 0.2) is 17.5 Å². The van der Waals surface area contributed by atoms with Crippen LogP contribution in [0.2, 0.25) is 0 Å². The zero-order valence-electron chi connectivity index (χ0n) is 10.3. The van der Waals surface area contributed by atoms with Gasteiger partial charge in [-0.2, -0.15) is 12.6 Å². The van der Waals surface area contributed by atoms with Crippen LogP contribution in [-0.2, 0) is 0 Å². The molecule has 1 rings (SSSR count). The fourth-order valence-corrected chi connectivity index (χ4v) is 3.12. The molecule has 0 aliphatic heterocycles. The smallest absolute Gasteiger partial charge is 0.0361 e. The van der Waals surface area contributed by atoms with Gasteiger partial charge in [-0.3, -0.25) is 0 Å². The summed E-state index contributed by atoms with van der Waals surface area (Å²) in [6.07, 6.45) is 10.9. The second kappa shape index (κ2) is 9.12. The van der Waals surface area contributed by atoms with Crippen LogP contribution in [0.3, 0.4) is 0 Å². The molecule has 0 saturated heterocycles. The number of hydrogen-bond donors (Lipinski definition) is 1. The Morgan fingerprint density at radius 3 is 2.44 bits per heavy atom. The maximum absolute atomic E-state index is 4.65. The Morgan fingerprint density at radius 1 is 1.12 bits per heavy atom. The number of rotatable bonds is 9. The Kier molecular flexibility index (Phi) is 8.04. The highest BCUT2D eigenvalue weighted by Crippen LogP contribution is 2.29. The van der Waals surface area contributed by atoms with E-state index in [0.29, 0.717) is 5.25 Å². The van der Waals surface area contributed by atoms with E-state index in [9.17, 15) is 0 Å². The molecule has 0 aromatic carbocycles. The first-order valence-corrected chi connectivity index (χ1v) is 7.95. The first-order chi connectivity index (χ1) is 7.84. The predicted octanol–water partition coefficient (Wildman–Crippen LogP) is 5.86. The molecule has 0 nitrogen and oxygen atoms in total. The van der Waals surface area contributed by atoms with E-state index in [2.05, 4.69) is 37.1 Å². The number of unbranched alkanes of at least 4 members (excludes halogenated alkanes) is 6. The molecule has 0 saturated carbocycles. The minimum Gasteiger partial charge on any atom is -0.170 e. The summed E-state index contributed by atoms with van der Waals surface area (Å²) in [5.74, 6) is 0. The van der Waals surface area contributed by atoms with Gasteiger partial charge in [0.05, 0.1) is 0 Å². The molecule has 0 spiro atoms. The van der Waals surface area contributed by atoms with E-state index in [1.54, 1.807) is 0 Å². The van der Waals surface area contributed by atoms with Crippen LogP contribution < -0.4 is 0 Å². The average Bonchev–Trinajstić information content (AvgIpc) is 2.81. The van der Waals surface area contributed by atoms with Crippen molar-refractivity contribution in [3.05, 3.63) is 22.4 Å². The Balaban J connectivity index is 1.95. The summed E-state index contributed by atoms with van der Waals surface area (Å²) in [7, 11) is 0. The fraction of sp³-hybridized carbons (Fsp3) is 0.714. The SMILES string of the molecule is CCCCCCCCCC(S)c1cccs1. The van der Waals surface area contributed by atoms with Crippen molar-refractivity contribution in [1.29, 1.82) is 0 Å². The highest BCUT2D eigenvalue weighted by molar-refractivity contribution is 7.80. The predicted molar refractivity (Wildman–Crippen MR) is 78.7 cm³/mol. The topological polar surface area (TPSA) is 0 Å². The van der Waals surface area contributed by atoms with Gasteiger partial charge in [-0.15, -0.1) is 11.3 Å². The van der Waals surface area contributed by atoms with Crippen molar-refractivity contribution >= 4 is 24.0 Å². The largest absolute Gasteiger partial charge is 0.170 e. The lowest BCUT2D eigenvalue weighted by Gasteiger charge is -2.07. The van der Waals surface area contributed by atoms with Crippen LogP contribution >= 0.6 is 24.0 Å². The molecule has 0 fully saturated rings. The van der Waals surface area contributed by atoms with E-state index in [1.165, 1.54) is 56.2 Å². The maximum atomic E-state index is 4.65. The van der Waals surface area contributed by atoms with Crippen molar-refractivity contribution in [1.82, 2.24) is 0 Å². The van der Waals surface area contributed by atoms with Crippen molar-refractivity contribution in [2.75, 3.05) is 0 Å². The minimum absolute atomic E-state index is 0.468. The molecule has 2 heteroatoms. The van der Waals surface area contributed by atoms with Crippen molar-refractivity contribution in [2.45, 2.75) is 63.5 Å². The maximum Gasteiger partial charge on any atom is 0.0361 e. The second-order valence-electron chi connectivity index (χ2n) is 4.44. The molecule has 1 unspecified atom stereocenters. The third kappa shape index (κ3) is 5.95. The van der Waals surface area contributed by atoms with Gasteiger partial charge in [-0.05, 0) is 17.9 Å². The first-order valence-electron chi connectivity index (χ1n) is 6.56. The van der Waals surface area contributed by atoms with Crippen LogP contribution in [0.4, 0.5) is 0 Å². The quantitative estimate of drug-likeness (QED) is 0.415. The van der Waals surface area contributed by atoms with Crippen LogP contribution in [0.25, 0.3) is 0 Å². The molecule has 0 aliphatic carbocycles. The second-order valence-corrected chi connectivity index (χ2v) is 6.04. The Hall–Kier alpha value is 0.0500. The Morgan fingerprint density at radius 2 is 1.81 bits per heavy atom. The molecular formula is C14H24S2. The van der Waals surface area contributed by atoms with Gasteiger partial charge in [0.1, 0.15) is 0 Å². The molecule has 0 amide bonds. The van der Waals surface area contributed by atoms with Gasteiger partial charge in [0.2, 0.25) is 0 Å². The summed E-state index contributed by atoms with van der Waals surface area (Å²) in [4.78, 5) is 1.43. The van der Waals surface area contributed by atoms with E-state index < -0.39 is 0 Å². The fourth-order valence-electron chi connectivity index (χ4n) is 1.92. The lowest BCUT2D eigenvalue weighted by atomic mass is 10.1. The molecule has 1 atom stereocenters. The molecule has 1 aromatic heterocycles. The highest BCUT2D eigenvalue weighted by Gasteiger charge is 2.06.